The number of ether oxygens (including phenoxy) is 2. The van der Waals surface area contributed by atoms with E-state index in [1.54, 1.807) is 25.3 Å². The summed E-state index contributed by atoms with van der Waals surface area (Å²) in [5.74, 6) is 1.27. The predicted molar refractivity (Wildman–Crippen MR) is 107 cm³/mol. The molecule has 7 heteroatoms. The SMILES string of the molecule is CCOc1ccccc1/C=C1\SC(Nc2cc(Cl)ccc2OC)NC1=O. The van der Waals surface area contributed by atoms with E-state index in [0.717, 1.165) is 11.3 Å². The molecule has 0 spiro atoms. The predicted octanol–water partition coefficient (Wildman–Crippen LogP) is 4.35. The average Bonchev–Trinajstić information content (AvgIpc) is 2.96. The van der Waals surface area contributed by atoms with Gasteiger partial charge in [-0.25, -0.2) is 0 Å². The second-order valence-electron chi connectivity index (χ2n) is 5.44. The lowest BCUT2D eigenvalue weighted by molar-refractivity contribution is -0.116. The van der Waals surface area contributed by atoms with Gasteiger partial charge in [0.1, 0.15) is 11.5 Å². The molecule has 1 heterocycles. The van der Waals surface area contributed by atoms with Gasteiger partial charge in [-0.3, -0.25) is 4.79 Å². The molecule has 2 N–H and O–H groups in total. The number of methoxy groups -OCH3 is 1. The zero-order valence-corrected chi connectivity index (χ0v) is 16.0. The minimum atomic E-state index is -0.319. The number of hydrogen-bond donors (Lipinski definition) is 2. The number of thioether (sulfide) groups is 1. The molecule has 1 unspecified atom stereocenters. The van der Waals surface area contributed by atoms with E-state index in [-0.39, 0.29) is 11.4 Å². The van der Waals surface area contributed by atoms with Crippen molar-refractivity contribution >= 4 is 41.0 Å². The topological polar surface area (TPSA) is 59.6 Å². The van der Waals surface area contributed by atoms with Crippen molar-refractivity contribution in [2.75, 3.05) is 19.0 Å². The van der Waals surface area contributed by atoms with E-state index in [0.29, 0.717) is 28.0 Å². The van der Waals surface area contributed by atoms with Gasteiger partial charge in [-0.15, -0.1) is 0 Å². The van der Waals surface area contributed by atoms with Crippen molar-refractivity contribution in [1.29, 1.82) is 0 Å². The van der Waals surface area contributed by atoms with Crippen LogP contribution in [0.5, 0.6) is 11.5 Å². The molecule has 1 aliphatic heterocycles. The lowest BCUT2D eigenvalue weighted by Gasteiger charge is -2.15. The molecule has 26 heavy (non-hydrogen) atoms. The number of halogens is 1. The molecule has 0 aliphatic carbocycles. The molecule has 2 aromatic carbocycles. The van der Waals surface area contributed by atoms with Gasteiger partial charge >= 0.3 is 0 Å². The third-order valence-electron chi connectivity index (χ3n) is 3.68. The molecule has 136 valence electrons. The molecule has 0 saturated carbocycles. The van der Waals surface area contributed by atoms with Gasteiger partial charge in [-0.05, 0) is 37.3 Å². The highest BCUT2D eigenvalue weighted by Gasteiger charge is 2.28. The van der Waals surface area contributed by atoms with Gasteiger partial charge in [0, 0.05) is 10.6 Å². The first-order valence-corrected chi connectivity index (χ1v) is 9.37. The number of benzene rings is 2. The lowest BCUT2D eigenvalue weighted by Crippen LogP contribution is -2.31. The van der Waals surface area contributed by atoms with Crippen LogP contribution in [0.3, 0.4) is 0 Å². The molecule has 0 bridgehead atoms. The second kappa shape index (κ2) is 8.38. The Bertz CT molecular complexity index is 841. The van der Waals surface area contributed by atoms with Crippen molar-refractivity contribution in [3.05, 3.63) is 58.0 Å². The minimum absolute atomic E-state index is 0.139. The Kier molecular flexibility index (Phi) is 5.96. The lowest BCUT2D eigenvalue weighted by atomic mass is 10.2. The number of rotatable bonds is 6. The second-order valence-corrected chi connectivity index (χ2v) is 7.02. The average molecular weight is 391 g/mol. The Balaban J connectivity index is 1.78. The zero-order chi connectivity index (χ0) is 18.5. The molecule has 2 aromatic rings. The number of amides is 1. The van der Waals surface area contributed by atoms with Gasteiger partial charge in [-0.1, -0.05) is 41.6 Å². The standard InChI is InChI=1S/C19H19ClN2O3S/c1-3-25-15-7-5-4-6-12(15)10-17-18(23)22-19(26-17)21-14-11-13(20)8-9-16(14)24-2/h4-11,19,21H,3H2,1-2H3,(H,22,23)/b17-10-. The van der Waals surface area contributed by atoms with Crippen LogP contribution in [0.1, 0.15) is 12.5 Å². The summed E-state index contributed by atoms with van der Waals surface area (Å²) in [6.07, 6.45) is 1.84. The maximum Gasteiger partial charge on any atom is 0.260 e. The quantitative estimate of drug-likeness (QED) is 0.718. The van der Waals surface area contributed by atoms with Crippen molar-refractivity contribution in [1.82, 2.24) is 5.32 Å². The summed E-state index contributed by atoms with van der Waals surface area (Å²) in [5.41, 5.74) is 1.27. The van der Waals surface area contributed by atoms with Crippen molar-refractivity contribution in [3.63, 3.8) is 0 Å². The van der Waals surface area contributed by atoms with E-state index in [9.17, 15) is 4.79 Å². The van der Waals surface area contributed by atoms with E-state index in [1.807, 2.05) is 37.3 Å². The third kappa shape index (κ3) is 4.26. The number of anilines is 1. The Labute approximate surface area is 161 Å². The molecule has 1 fully saturated rings. The van der Waals surface area contributed by atoms with Gasteiger partial charge in [0.2, 0.25) is 0 Å². The van der Waals surface area contributed by atoms with Gasteiger partial charge in [-0.2, -0.15) is 0 Å². The number of para-hydroxylation sites is 1. The third-order valence-corrected chi connectivity index (χ3v) is 4.95. The van der Waals surface area contributed by atoms with E-state index < -0.39 is 0 Å². The summed E-state index contributed by atoms with van der Waals surface area (Å²) in [7, 11) is 1.59. The Hall–Kier alpha value is -2.31. The van der Waals surface area contributed by atoms with Crippen molar-refractivity contribution < 1.29 is 14.3 Å². The highest BCUT2D eigenvalue weighted by Crippen LogP contribution is 2.35. The van der Waals surface area contributed by atoms with Crippen LogP contribution in [0.25, 0.3) is 6.08 Å². The summed E-state index contributed by atoms with van der Waals surface area (Å²) >= 11 is 7.45. The molecule has 0 aromatic heterocycles. The van der Waals surface area contributed by atoms with Crippen LogP contribution in [-0.4, -0.2) is 25.1 Å². The maximum absolute atomic E-state index is 12.3. The first-order chi connectivity index (χ1) is 12.6. The normalized spacial score (nSPS) is 17.9. The molecule has 1 atom stereocenters. The molecule has 1 saturated heterocycles. The summed E-state index contributed by atoms with van der Waals surface area (Å²) < 4.78 is 10.9. The number of hydrogen-bond acceptors (Lipinski definition) is 5. The molecule has 5 nitrogen and oxygen atoms in total. The van der Waals surface area contributed by atoms with Crippen LogP contribution < -0.4 is 20.1 Å². The highest BCUT2D eigenvalue weighted by atomic mass is 35.5. The van der Waals surface area contributed by atoms with E-state index >= 15 is 0 Å². The highest BCUT2D eigenvalue weighted by molar-refractivity contribution is 8.05. The monoisotopic (exact) mass is 390 g/mol. The summed E-state index contributed by atoms with van der Waals surface area (Å²) in [5, 5.41) is 6.72. The van der Waals surface area contributed by atoms with Crippen molar-refractivity contribution in [2.45, 2.75) is 12.4 Å². The minimum Gasteiger partial charge on any atom is -0.495 e. The van der Waals surface area contributed by atoms with E-state index in [4.69, 9.17) is 21.1 Å². The fourth-order valence-electron chi connectivity index (χ4n) is 2.53. The summed E-state index contributed by atoms with van der Waals surface area (Å²) in [6.45, 7) is 2.50. The Morgan fingerprint density at radius 3 is 2.85 bits per heavy atom. The van der Waals surface area contributed by atoms with Crippen LogP contribution in [0, 0.1) is 0 Å². The molecular formula is C19H19ClN2O3S. The van der Waals surface area contributed by atoms with Crippen LogP contribution in [0.2, 0.25) is 5.02 Å². The summed E-state index contributed by atoms with van der Waals surface area (Å²) in [6, 6.07) is 12.9. The Morgan fingerprint density at radius 2 is 2.08 bits per heavy atom. The molecular weight excluding hydrogens is 372 g/mol. The fourth-order valence-corrected chi connectivity index (χ4v) is 3.67. The first kappa shape index (κ1) is 18.5. The molecule has 3 rings (SSSR count). The van der Waals surface area contributed by atoms with Crippen LogP contribution in [0.4, 0.5) is 5.69 Å². The van der Waals surface area contributed by atoms with Gasteiger partial charge in [0.25, 0.3) is 5.91 Å². The number of nitrogens with one attached hydrogen (secondary N) is 2. The maximum atomic E-state index is 12.3. The summed E-state index contributed by atoms with van der Waals surface area (Å²) in [4.78, 5) is 12.9. The zero-order valence-electron chi connectivity index (χ0n) is 14.4. The smallest absolute Gasteiger partial charge is 0.260 e. The van der Waals surface area contributed by atoms with Crippen molar-refractivity contribution in [3.8, 4) is 11.5 Å². The van der Waals surface area contributed by atoms with E-state index in [1.165, 1.54) is 11.8 Å². The molecule has 1 amide bonds. The van der Waals surface area contributed by atoms with Crippen LogP contribution >= 0.6 is 23.4 Å². The first-order valence-electron chi connectivity index (χ1n) is 8.12. The molecule has 0 radical (unpaired) electrons. The fraction of sp³-hybridized carbons (Fsp3) is 0.211. The van der Waals surface area contributed by atoms with Gasteiger partial charge in [0.15, 0.2) is 5.50 Å². The number of carbonyl (C=O) groups is 1. The molecule has 1 aliphatic rings. The largest absolute Gasteiger partial charge is 0.495 e. The van der Waals surface area contributed by atoms with Crippen molar-refractivity contribution in [2.24, 2.45) is 0 Å². The van der Waals surface area contributed by atoms with Gasteiger partial charge in [0.05, 0.1) is 24.3 Å². The van der Waals surface area contributed by atoms with Crippen LogP contribution in [-0.2, 0) is 4.79 Å². The van der Waals surface area contributed by atoms with Gasteiger partial charge < -0.3 is 20.1 Å². The van der Waals surface area contributed by atoms with E-state index in [2.05, 4.69) is 10.6 Å². The number of carbonyl (C=O) groups excluding carboxylic acids is 1. The van der Waals surface area contributed by atoms with Crippen LogP contribution in [0.15, 0.2) is 47.4 Å². The Morgan fingerprint density at radius 1 is 1.27 bits per heavy atom.